The van der Waals surface area contributed by atoms with E-state index in [9.17, 15) is 13.5 Å². The minimum absolute atomic E-state index is 0.0447. The second-order valence-corrected chi connectivity index (χ2v) is 6.90. The van der Waals surface area contributed by atoms with Gasteiger partial charge in [0, 0.05) is 13.2 Å². The van der Waals surface area contributed by atoms with Crippen molar-refractivity contribution < 1.29 is 18.3 Å². The maximum absolute atomic E-state index is 11.7. The molecule has 0 aliphatic heterocycles. The third-order valence-corrected chi connectivity index (χ3v) is 4.64. The Morgan fingerprint density at radius 1 is 1.22 bits per heavy atom. The lowest BCUT2D eigenvalue weighted by molar-refractivity contribution is 0.0302. The van der Waals surface area contributed by atoms with Crippen LogP contribution in [0.15, 0.2) is 0 Å². The fraction of sp³-hybridized carbons (Fsp3) is 1.00. The third-order valence-electron chi connectivity index (χ3n) is 3.36. The van der Waals surface area contributed by atoms with Crippen molar-refractivity contribution in [1.82, 2.24) is 4.72 Å². The van der Waals surface area contributed by atoms with Crippen LogP contribution in [0.4, 0.5) is 0 Å². The zero-order valence-corrected chi connectivity index (χ0v) is 12.0. The Balaban J connectivity index is 2.37. The standard InChI is InChI=1S/C12H25NO4S/c1-2-17-9-10-18(15,16)13-11-12(14)7-5-3-4-6-8-12/h13-14H,2-11H2,1H3. The van der Waals surface area contributed by atoms with Gasteiger partial charge in [0.15, 0.2) is 0 Å². The molecule has 1 saturated carbocycles. The zero-order chi connectivity index (χ0) is 13.5. The van der Waals surface area contributed by atoms with Crippen molar-refractivity contribution in [2.75, 3.05) is 25.5 Å². The SMILES string of the molecule is CCOCCS(=O)(=O)NCC1(O)CCCCCC1. The first-order valence-corrected chi connectivity index (χ1v) is 8.40. The molecule has 0 atom stereocenters. The molecule has 0 aromatic carbocycles. The summed E-state index contributed by atoms with van der Waals surface area (Å²) in [6.07, 6.45) is 5.55. The van der Waals surface area contributed by atoms with Crippen molar-refractivity contribution in [3.8, 4) is 0 Å². The summed E-state index contributed by atoms with van der Waals surface area (Å²) in [6, 6.07) is 0. The second-order valence-electron chi connectivity index (χ2n) is 4.98. The highest BCUT2D eigenvalue weighted by Gasteiger charge is 2.29. The summed E-state index contributed by atoms with van der Waals surface area (Å²) < 4.78 is 30.9. The van der Waals surface area contributed by atoms with Gasteiger partial charge in [0.25, 0.3) is 0 Å². The highest BCUT2D eigenvalue weighted by atomic mass is 32.2. The quantitative estimate of drug-likeness (QED) is 0.539. The number of rotatable bonds is 7. The molecule has 1 rings (SSSR count). The lowest BCUT2D eigenvalue weighted by atomic mass is 9.95. The highest BCUT2D eigenvalue weighted by Crippen LogP contribution is 2.26. The summed E-state index contributed by atoms with van der Waals surface area (Å²) in [5.74, 6) is -0.0447. The lowest BCUT2D eigenvalue weighted by Gasteiger charge is -2.26. The minimum Gasteiger partial charge on any atom is -0.389 e. The number of nitrogens with one attached hydrogen (secondary N) is 1. The predicted octanol–water partition coefficient (Wildman–Crippen LogP) is 1.03. The fourth-order valence-electron chi connectivity index (χ4n) is 2.19. The van der Waals surface area contributed by atoms with Crippen LogP contribution in [0.2, 0.25) is 0 Å². The van der Waals surface area contributed by atoms with E-state index in [1.165, 1.54) is 0 Å². The van der Waals surface area contributed by atoms with E-state index in [2.05, 4.69) is 4.72 Å². The first-order chi connectivity index (χ1) is 8.47. The van der Waals surface area contributed by atoms with Crippen LogP contribution in [0.3, 0.4) is 0 Å². The monoisotopic (exact) mass is 279 g/mol. The van der Waals surface area contributed by atoms with Crippen LogP contribution >= 0.6 is 0 Å². The molecular formula is C12H25NO4S. The van der Waals surface area contributed by atoms with Gasteiger partial charge in [-0.05, 0) is 19.8 Å². The van der Waals surface area contributed by atoms with Crippen molar-refractivity contribution in [2.24, 2.45) is 0 Å². The minimum atomic E-state index is -3.34. The van der Waals surface area contributed by atoms with E-state index in [-0.39, 0.29) is 18.9 Å². The maximum atomic E-state index is 11.7. The number of hydrogen-bond acceptors (Lipinski definition) is 4. The lowest BCUT2D eigenvalue weighted by Crippen LogP contribution is -2.43. The molecule has 0 aromatic heterocycles. The van der Waals surface area contributed by atoms with Gasteiger partial charge in [-0.15, -0.1) is 0 Å². The average molecular weight is 279 g/mol. The Hall–Kier alpha value is -0.170. The topological polar surface area (TPSA) is 75.6 Å². The molecule has 5 nitrogen and oxygen atoms in total. The van der Waals surface area contributed by atoms with Crippen LogP contribution < -0.4 is 4.72 Å². The van der Waals surface area contributed by atoms with E-state index < -0.39 is 15.6 Å². The molecule has 0 aromatic rings. The first kappa shape index (κ1) is 15.9. The fourth-order valence-corrected chi connectivity index (χ4v) is 3.16. The van der Waals surface area contributed by atoms with Gasteiger partial charge in [0.2, 0.25) is 10.0 Å². The Morgan fingerprint density at radius 3 is 2.39 bits per heavy atom. The molecule has 0 unspecified atom stereocenters. The predicted molar refractivity (Wildman–Crippen MR) is 70.9 cm³/mol. The number of hydrogen-bond donors (Lipinski definition) is 2. The molecule has 6 heteroatoms. The molecule has 0 bridgehead atoms. The third kappa shape index (κ3) is 6.13. The van der Waals surface area contributed by atoms with E-state index in [1.54, 1.807) is 0 Å². The van der Waals surface area contributed by atoms with Crippen molar-refractivity contribution in [3.05, 3.63) is 0 Å². The molecule has 0 spiro atoms. The van der Waals surface area contributed by atoms with Crippen molar-refractivity contribution in [1.29, 1.82) is 0 Å². The molecular weight excluding hydrogens is 254 g/mol. The van der Waals surface area contributed by atoms with Gasteiger partial charge in [-0.1, -0.05) is 25.7 Å². The van der Waals surface area contributed by atoms with E-state index >= 15 is 0 Å². The molecule has 1 aliphatic carbocycles. The van der Waals surface area contributed by atoms with E-state index in [0.717, 1.165) is 25.7 Å². The van der Waals surface area contributed by atoms with Crippen LogP contribution in [0.1, 0.15) is 45.4 Å². The largest absolute Gasteiger partial charge is 0.389 e. The normalized spacial score (nSPS) is 20.6. The van der Waals surface area contributed by atoms with Crippen LogP contribution in [0.25, 0.3) is 0 Å². The number of aliphatic hydroxyl groups is 1. The van der Waals surface area contributed by atoms with Crippen LogP contribution in [-0.2, 0) is 14.8 Å². The Morgan fingerprint density at radius 2 is 1.83 bits per heavy atom. The molecule has 0 saturated heterocycles. The van der Waals surface area contributed by atoms with Gasteiger partial charge >= 0.3 is 0 Å². The van der Waals surface area contributed by atoms with E-state index in [0.29, 0.717) is 19.4 Å². The average Bonchev–Trinajstić information content (AvgIpc) is 2.53. The second kappa shape index (κ2) is 7.43. The molecule has 2 N–H and O–H groups in total. The van der Waals surface area contributed by atoms with Crippen LogP contribution in [0.5, 0.6) is 0 Å². The Bertz CT molecular complexity index is 321. The number of ether oxygens (including phenoxy) is 1. The summed E-state index contributed by atoms with van der Waals surface area (Å²) >= 11 is 0. The molecule has 0 amide bonds. The van der Waals surface area contributed by atoms with Crippen molar-refractivity contribution >= 4 is 10.0 Å². The van der Waals surface area contributed by atoms with Crippen LogP contribution in [-0.4, -0.2) is 44.6 Å². The van der Waals surface area contributed by atoms with E-state index in [1.807, 2.05) is 6.92 Å². The van der Waals surface area contributed by atoms with Crippen molar-refractivity contribution in [2.45, 2.75) is 51.0 Å². The van der Waals surface area contributed by atoms with E-state index in [4.69, 9.17) is 4.74 Å². The molecule has 1 aliphatic rings. The summed E-state index contributed by atoms with van der Waals surface area (Å²) in [5, 5.41) is 10.3. The summed E-state index contributed by atoms with van der Waals surface area (Å²) in [6.45, 7) is 2.67. The smallest absolute Gasteiger partial charge is 0.213 e. The van der Waals surface area contributed by atoms with Gasteiger partial charge in [0.1, 0.15) is 0 Å². The molecule has 18 heavy (non-hydrogen) atoms. The molecule has 0 heterocycles. The van der Waals surface area contributed by atoms with Crippen molar-refractivity contribution in [3.63, 3.8) is 0 Å². The number of sulfonamides is 1. The summed E-state index contributed by atoms with van der Waals surface area (Å²) in [4.78, 5) is 0. The molecule has 1 fully saturated rings. The first-order valence-electron chi connectivity index (χ1n) is 6.75. The van der Waals surface area contributed by atoms with Gasteiger partial charge in [-0.3, -0.25) is 0 Å². The Kier molecular flexibility index (Phi) is 6.55. The highest BCUT2D eigenvalue weighted by molar-refractivity contribution is 7.89. The van der Waals surface area contributed by atoms with Gasteiger partial charge in [-0.2, -0.15) is 0 Å². The molecule has 0 radical (unpaired) electrons. The van der Waals surface area contributed by atoms with Gasteiger partial charge in [-0.25, -0.2) is 13.1 Å². The van der Waals surface area contributed by atoms with Crippen LogP contribution in [0, 0.1) is 0 Å². The Labute approximate surface area is 110 Å². The summed E-state index contributed by atoms with van der Waals surface area (Å²) in [5.41, 5.74) is -0.866. The maximum Gasteiger partial charge on any atom is 0.213 e. The van der Waals surface area contributed by atoms with Gasteiger partial charge < -0.3 is 9.84 Å². The molecule has 108 valence electrons. The zero-order valence-electron chi connectivity index (χ0n) is 11.2. The summed E-state index contributed by atoms with van der Waals surface area (Å²) in [7, 11) is -3.34. The van der Waals surface area contributed by atoms with Gasteiger partial charge in [0.05, 0.1) is 18.0 Å².